The quantitative estimate of drug-likeness (QED) is 0.803. The molecular formula is C10H15Cl2N3O. The maximum atomic E-state index is 10.1. The van der Waals surface area contributed by atoms with Gasteiger partial charge in [-0.25, -0.2) is 4.98 Å². The first kappa shape index (κ1) is 13.5. The van der Waals surface area contributed by atoms with Crippen LogP contribution in [0.3, 0.4) is 0 Å². The molecule has 0 bridgehead atoms. The molecule has 0 fully saturated rings. The Bertz CT molecular complexity index is 356. The molecule has 0 spiro atoms. The van der Waals surface area contributed by atoms with Crippen LogP contribution in [0.25, 0.3) is 0 Å². The molecule has 1 aromatic heterocycles. The van der Waals surface area contributed by atoms with Gasteiger partial charge in [0.15, 0.2) is 0 Å². The molecule has 16 heavy (non-hydrogen) atoms. The maximum Gasteiger partial charge on any atom is 0.224 e. The van der Waals surface area contributed by atoms with Crippen molar-refractivity contribution in [2.45, 2.75) is 32.3 Å². The molecule has 4 nitrogen and oxygen atoms in total. The molecule has 90 valence electrons. The van der Waals surface area contributed by atoms with Gasteiger partial charge in [0, 0.05) is 6.54 Å². The van der Waals surface area contributed by atoms with E-state index in [4.69, 9.17) is 23.2 Å². The number of rotatable bonds is 5. The summed E-state index contributed by atoms with van der Waals surface area (Å²) in [4.78, 5) is 7.69. The Morgan fingerprint density at radius 3 is 2.56 bits per heavy atom. The molecule has 1 aromatic rings. The number of halogens is 2. The van der Waals surface area contributed by atoms with Crippen LogP contribution in [0.4, 0.5) is 5.82 Å². The van der Waals surface area contributed by atoms with Crippen LogP contribution in [0.2, 0.25) is 10.3 Å². The third kappa shape index (κ3) is 3.47. The molecule has 0 amide bonds. The van der Waals surface area contributed by atoms with Crippen LogP contribution in [0.15, 0.2) is 6.20 Å². The largest absolute Gasteiger partial charge is 0.388 e. The summed E-state index contributed by atoms with van der Waals surface area (Å²) in [5.41, 5.74) is -0.749. The van der Waals surface area contributed by atoms with E-state index < -0.39 is 5.60 Å². The highest BCUT2D eigenvalue weighted by atomic mass is 35.5. The van der Waals surface area contributed by atoms with Crippen LogP contribution >= 0.6 is 23.2 Å². The summed E-state index contributed by atoms with van der Waals surface area (Å²) < 4.78 is 0. The Morgan fingerprint density at radius 1 is 1.38 bits per heavy atom. The number of nitrogens with one attached hydrogen (secondary N) is 1. The molecule has 0 unspecified atom stereocenters. The summed E-state index contributed by atoms with van der Waals surface area (Å²) >= 11 is 11.5. The average molecular weight is 264 g/mol. The second kappa shape index (κ2) is 5.66. The minimum absolute atomic E-state index is 0.128. The van der Waals surface area contributed by atoms with Crippen molar-refractivity contribution in [3.63, 3.8) is 0 Å². The molecule has 0 saturated heterocycles. The van der Waals surface area contributed by atoms with Crippen molar-refractivity contribution in [3.05, 3.63) is 16.5 Å². The van der Waals surface area contributed by atoms with Crippen LogP contribution < -0.4 is 5.32 Å². The lowest BCUT2D eigenvalue weighted by Crippen LogP contribution is -2.35. The SMILES string of the molecule is CCC(O)(CC)CNc1nc(Cl)ncc1Cl. The molecule has 6 heteroatoms. The number of hydrogen-bond donors (Lipinski definition) is 2. The van der Waals surface area contributed by atoms with Crippen molar-refractivity contribution in [1.29, 1.82) is 0 Å². The first-order chi connectivity index (χ1) is 7.50. The Morgan fingerprint density at radius 2 is 2.00 bits per heavy atom. The molecule has 0 aromatic carbocycles. The summed E-state index contributed by atoms with van der Waals surface area (Å²) in [7, 11) is 0. The van der Waals surface area contributed by atoms with E-state index in [1.165, 1.54) is 6.20 Å². The summed E-state index contributed by atoms with van der Waals surface area (Å²) in [6, 6.07) is 0. The van der Waals surface area contributed by atoms with E-state index >= 15 is 0 Å². The van der Waals surface area contributed by atoms with Crippen molar-refractivity contribution in [3.8, 4) is 0 Å². The van der Waals surface area contributed by atoms with Gasteiger partial charge < -0.3 is 10.4 Å². The molecule has 0 radical (unpaired) electrons. The number of aromatic nitrogens is 2. The van der Waals surface area contributed by atoms with E-state index in [1.807, 2.05) is 13.8 Å². The van der Waals surface area contributed by atoms with E-state index in [9.17, 15) is 5.11 Å². The van der Waals surface area contributed by atoms with Crippen LogP contribution in [0.1, 0.15) is 26.7 Å². The smallest absolute Gasteiger partial charge is 0.224 e. The molecular weight excluding hydrogens is 249 g/mol. The lowest BCUT2D eigenvalue weighted by molar-refractivity contribution is 0.0456. The fourth-order valence-electron chi connectivity index (χ4n) is 1.22. The molecule has 0 aliphatic rings. The highest BCUT2D eigenvalue weighted by Crippen LogP contribution is 2.21. The zero-order valence-corrected chi connectivity index (χ0v) is 10.8. The highest BCUT2D eigenvalue weighted by molar-refractivity contribution is 6.33. The predicted octanol–water partition coefficient (Wildman–Crippen LogP) is 2.75. The highest BCUT2D eigenvalue weighted by Gasteiger charge is 2.22. The molecule has 2 N–H and O–H groups in total. The molecule has 0 aliphatic heterocycles. The van der Waals surface area contributed by atoms with Crippen molar-refractivity contribution in [2.24, 2.45) is 0 Å². The third-order valence-corrected chi connectivity index (χ3v) is 3.07. The van der Waals surface area contributed by atoms with Gasteiger partial charge >= 0.3 is 0 Å². The Kier molecular flexibility index (Phi) is 4.77. The van der Waals surface area contributed by atoms with Gasteiger partial charge in [0.25, 0.3) is 0 Å². The summed E-state index contributed by atoms with van der Waals surface area (Å²) in [5, 5.41) is 13.6. The topological polar surface area (TPSA) is 58.0 Å². The van der Waals surface area contributed by atoms with Crippen molar-refractivity contribution < 1.29 is 5.11 Å². The minimum atomic E-state index is -0.749. The van der Waals surface area contributed by atoms with Crippen molar-refractivity contribution in [1.82, 2.24) is 9.97 Å². The second-order valence-electron chi connectivity index (χ2n) is 3.62. The van der Waals surface area contributed by atoms with Gasteiger partial charge in [-0.05, 0) is 24.4 Å². The van der Waals surface area contributed by atoms with Gasteiger partial charge in [-0.3, -0.25) is 0 Å². The fraction of sp³-hybridized carbons (Fsp3) is 0.600. The van der Waals surface area contributed by atoms with E-state index in [0.29, 0.717) is 30.2 Å². The normalized spacial score (nSPS) is 11.6. The Hall–Kier alpha value is -0.580. The zero-order valence-electron chi connectivity index (χ0n) is 9.30. The van der Waals surface area contributed by atoms with E-state index in [2.05, 4.69) is 15.3 Å². The molecule has 1 rings (SSSR count). The summed E-state index contributed by atoms with van der Waals surface area (Å²) in [6.45, 7) is 4.24. The third-order valence-electron chi connectivity index (χ3n) is 2.62. The molecule has 0 saturated carbocycles. The Balaban J connectivity index is 2.70. The van der Waals surface area contributed by atoms with Crippen LogP contribution in [-0.4, -0.2) is 27.2 Å². The van der Waals surface area contributed by atoms with Crippen LogP contribution in [0, 0.1) is 0 Å². The second-order valence-corrected chi connectivity index (χ2v) is 4.37. The van der Waals surface area contributed by atoms with Gasteiger partial charge in [-0.1, -0.05) is 25.4 Å². The van der Waals surface area contributed by atoms with E-state index in [1.54, 1.807) is 0 Å². The van der Waals surface area contributed by atoms with Gasteiger partial charge in [0.1, 0.15) is 10.8 Å². The summed E-state index contributed by atoms with van der Waals surface area (Å²) in [6.07, 6.45) is 2.75. The van der Waals surface area contributed by atoms with Gasteiger partial charge in [0.05, 0.1) is 11.8 Å². The standard InChI is InChI=1S/C10H15Cl2N3O/c1-3-10(16,4-2)6-14-8-7(11)5-13-9(12)15-8/h5,16H,3-4,6H2,1-2H3,(H,13,14,15). The number of hydrogen-bond acceptors (Lipinski definition) is 4. The number of anilines is 1. The lowest BCUT2D eigenvalue weighted by Gasteiger charge is -2.25. The van der Waals surface area contributed by atoms with Crippen molar-refractivity contribution in [2.75, 3.05) is 11.9 Å². The number of nitrogens with zero attached hydrogens (tertiary/aromatic N) is 2. The van der Waals surface area contributed by atoms with Crippen molar-refractivity contribution >= 4 is 29.0 Å². The average Bonchev–Trinajstić information content (AvgIpc) is 2.30. The molecule has 0 atom stereocenters. The fourth-order valence-corrected chi connectivity index (χ4v) is 1.51. The minimum Gasteiger partial charge on any atom is -0.388 e. The van der Waals surface area contributed by atoms with Gasteiger partial charge in [0.2, 0.25) is 5.28 Å². The van der Waals surface area contributed by atoms with E-state index in [0.717, 1.165) is 0 Å². The van der Waals surface area contributed by atoms with Crippen LogP contribution in [-0.2, 0) is 0 Å². The maximum absolute atomic E-state index is 10.1. The number of aliphatic hydroxyl groups is 1. The summed E-state index contributed by atoms with van der Waals surface area (Å²) in [5.74, 6) is 0.446. The molecule has 0 aliphatic carbocycles. The van der Waals surface area contributed by atoms with E-state index in [-0.39, 0.29) is 5.28 Å². The Labute approximate surface area is 105 Å². The van der Waals surface area contributed by atoms with Crippen LogP contribution in [0.5, 0.6) is 0 Å². The first-order valence-electron chi connectivity index (χ1n) is 5.15. The van der Waals surface area contributed by atoms with Gasteiger partial charge in [-0.2, -0.15) is 4.98 Å². The monoisotopic (exact) mass is 263 g/mol. The zero-order chi connectivity index (χ0) is 12.2. The molecule has 1 heterocycles. The first-order valence-corrected chi connectivity index (χ1v) is 5.90. The van der Waals surface area contributed by atoms with Gasteiger partial charge in [-0.15, -0.1) is 0 Å². The lowest BCUT2D eigenvalue weighted by atomic mass is 9.98. The predicted molar refractivity (Wildman–Crippen MR) is 66.1 cm³/mol.